The molecule has 0 saturated carbocycles. The SMILES string of the molecule is COc1nccnc1-c1ccc(C(=O)N2CCC[C@@H]2c2ccccc2Cl)cc1. The summed E-state index contributed by atoms with van der Waals surface area (Å²) in [5, 5.41) is 0.706. The van der Waals surface area contributed by atoms with Crippen LogP contribution in [0.3, 0.4) is 0 Å². The van der Waals surface area contributed by atoms with Crippen molar-refractivity contribution in [2.24, 2.45) is 0 Å². The molecule has 0 unspecified atom stereocenters. The van der Waals surface area contributed by atoms with Gasteiger partial charge in [0.15, 0.2) is 0 Å². The third kappa shape index (κ3) is 3.45. The topological polar surface area (TPSA) is 55.3 Å². The number of nitrogens with zero attached hydrogens (tertiary/aromatic N) is 3. The molecule has 1 aromatic heterocycles. The van der Waals surface area contributed by atoms with Crippen molar-refractivity contribution in [2.75, 3.05) is 13.7 Å². The minimum Gasteiger partial charge on any atom is -0.479 e. The third-order valence-corrected chi connectivity index (χ3v) is 5.39. The van der Waals surface area contributed by atoms with Gasteiger partial charge in [-0.2, -0.15) is 0 Å². The second kappa shape index (κ2) is 7.98. The molecular weight excluding hydrogens is 374 g/mol. The van der Waals surface area contributed by atoms with Crippen LogP contribution in [0.5, 0.6) is 5.88 Å². The van der Waals surface area contributed by atoms with Crippen LogP contribution in [-0.2, 0) is 0 Å². The van der Waals surface area contributed by atoms with E-state index in [2.05, 4.69) is 9.97 Å². The molecule has 1 aliphatic heterocycles. The van der Waals surface area contributed by atoms with Gasteiger partial charge in [-0.3, -0.25) is 4.79 Å². The molecule has 0 spiro atoms. The van der Waals surface area contributed by atoms with Crippen LogP contribution in [0.1, 0.15) is 34.8 Å². The lowest BCUT2D eigenvalue weighted by Crippen LogP contribution is -2.30. The van der Waals surface area contributed by atoms with Crippen molar-refractivity contribution in [2.45, 2.75) is 18.9 Å². The van der Waals surface area contributed by atoms with E-state index in [0.717, 1.165) is 30.5 Å². The molecule has 1 saturated heterocycles. The summed E-state index contributed by atoms with van der Waals surface area (Å²) in [7, 11) is 1.56. The molecule has 1 aliphatic rings. The number of likely N-dealkylation sites (tertiary alicyclic amines) is 1. The molecule has 0 aliphatic carbocycles. The van der Waals surface area contributed by atoms with Crippen LogP contribution in [0.15, 0.2) is 60.9 Å². The zero-order chi connectivity index (χ0) is 19.5. The number of methoxy groups -OCH3 is 1. The molecule has 2 aromatic carbocycles. The number of carbonyl (C=O) groups excluding carboxylic acids is 1. The van der Waals surface area contributed by atoms with E-state index in [1.165, 1.54) is 0 Å². The maximum absolute atomic E-state index is 13.1. The number of rotatable bonds is 4. The van der Waals surface area contributed by atoms with Crippen molar-refractivity contribution in [1.29, 1.82) is 0 Å². The van der Waals surface area contributed by atoms with Gasteiger partial charge in [0, 0.05) is 35.1 Å². The Labute approximate surface area is 169 Å². The van der Waals surface area contributed by atoms with Crippen LogP contribution in [0.25, 0.3) is 11.3 Å². The average Bonchev–Trinajstić information content (AvgIpc) is 3.23. The summed E-state index contributed by atoms with van der Waals surface area (Å²) in [6, 6.07) is 15.2. The van der Waals surface area contributed by atoms with Gasteiger partial charge in [-0.25, -0.2) is 9.97 Å². The molecular formula is C22H20ClN3O2. The first kappa shape index (κ1) is 18.4. The van der Waals surface area contributed by atoms with E-state index < -0.39 is 0 Å². The summed E-state index contributed by atoms with van der Waals surface area (Å²) in [4.78, 5) is 23.6. The minimum absolute atomic E-state index is 0.0140. The fraction of sp³-hybridized carbons (Fsp3) is 0.227. The van der Waals surface area contributed by atoms with Gasteiger partial charge in [0.05, 0.1) is 13.2 Å². The molecule has 1 atom stereocenters. The van der Waals surface area contributed by atoms with Crippen LogP contribution < -0.4 is 4.74 Å². The first-order valence-electron chi connectivity index (χ1n) is 9.20. The van der Waals surface area contributed by atoms with E-state index >= 15 is 0 Å². The van der Waals surface area contributed by atoms with Crippen molar-refractivity contribution >= 4 is 17.5 Å². The fourth-order valence-electron chi connectivity index (χ4n) is 3.69. The van der Waals surface area contributed by atoms with E-state index in [-0.39, 0.29) is 11.9 Å². The minimum atomic E-state index is 0.0140. The Hall–Kier alpha value is -2.92. The van der Waals surface area contributed by atoms with Gasteiger partial charge >= 0.3 is 0 Å². The molecule has 2 heterocycles. The smallest absolute Gasteiger partial charge is 0.254 e. The highest BCUT2D eigenvalue weighted by molar-refractivity contribution is 6.31. The molecule has 28 heavy (non-hydrogen) atoms. The Kier molecular flexibility index (Phi) is 5.26. The maximum atomic E-state index is 13.1. The van der Waals surface area contributed by atoms with Crippen molar-refractivity contribution in [3.05, 3.63) is 77.1 Å². The lowest BCUT2D eigenvalue weighted by atomic mass is 10.0. The number of benzene rings is 2. The van der Waals surface area contributed by atoms with Gasteiger partial charge < -0.3 is 9.64 Å². The van der Waals surface area contributed by atoms with E-state index in [0.29, 0.717) is 22.2 Å². The first-order valence-corrected chi connectivity index (χ1v) is 9.57. The lowest BCUT2D eigenvalue weighted by molar-refractivity contribution is 0.0736. The van der Waals surface area contributed by atoms with Gasteiger partial charge in [0.25, 0.3) is 5.91 Å². The van der Waals surface area contributed by atoms with Crippen molar-refractivity contribution in [3.63, 3.8) is 0 Å². The highest BCUT2D eigenvalue weighted by Gasteiger charge is 2.31. The Morgan fingerprint density at radius 1 is 1.11 bits per heavy atom. The number of ether oxygens (including phenoxy) is 1. The molecule has 0 radical (unpaired) electrons. The number of halogens is 1. The number of carbonyl (C=O) groups is 1. The van der Waals surface area contributed by atoms with Gasteiger partial charge in [0.1, 0.15) is 5.69 Å². The van der Waals surface area contributed by atoms with Gasteiger partial charge in [-0.05, 0) is 36.6 Å². The Morgan fingerprint density at radius 3 is 2.61 bits per heavy atom. The van der Waals surface area contributed by atoms with E-state index in [1.807, 2.05) is 53.4 Å². The van der Waals surface area contributed by atoms with Crippen LogP contribution >= 0.6 is 11.6 Å². The predicted octanol–water partition coefficient (Wildman–Crippen LogP) is 4.78. The number of aromatic nitrogens is 2. The summed E-state index contributed by atoms with van der Waals surface area (Å²) >= 11 is 6.37. The molecule has 1 amide bonds. The highest BCUT2D eigenvalue weighted by Crippen LogP contribution is 2.36. The summed E-state index contributed by atoms with van der Waals surface area (Å²) < 4.78 is 5.27. The standard InChI is InChI=1S/C22H20ClN3O2/c1-28-21-20(24-12-13-25-21)15-8-10-16(11-9-15)22(27)26-14-4-7-19(26)17-5-2-3-6-18(17)23/h2-3,5-6,8-13,19H,4,7,14H2,1H3/t19-/m1/s1. The first-order chi connectivity index (χ1) is 13.7. The Balaban J connectivity index is 1.59. The maximum Gasteiger partial charge on any atom is 0.254 e. The Bertz CT molecular complexity index is 991. The van der Waals surface area contributed by atoms with Gasteiger partial charge in [-0.1, -0.05) is 41.9 Å². The largest absolute Gasteiger partial charge is 0.479 e. The van der Waals surface area contributed by atoms with E-state index in [4.69, 9.17) is 16.3 Å². The second-order valence-electron chi connectivity index (χ2n) is 6.67. The van der Waals surface area contributed by atoms with E-state index in [9.17, 15) is 4.79 Å². The fourth-order valence-corrected chi connectivity index (χ4v) is 3.95. The van der Waals surface area contributed by atoms with Crippen molar-refractivity contribution in [1.82, 2.24) is 14.9 Å². The van der Waals surface area contributed by atoms with Crippen LogP contribution in [0.4, 0.5) is 0 Å². The lowest BCUT2D eigenvalue weighted by Gasteiger charge is -2.26. The number of hydrogen-bond acceptors (Lipinski definition) is 4. The number of hydrogen-bond donors (Lipinski definition) is 0. The van der Waals surface area contributed by atoms with E-state index in [1.54, 1.807) is 19.5 Å². The highest BCUT2D eigenvalue weighted by atomic mass is 35.5. The summed E-state index contributed by atoms with van der Waals surface area (Å²) in [5.74, 6) is 0.472. The predicted molar refractivity (Wildman–Crippen MR) is 108 cm³/mol. The molecule has 5 nitrogen and oxygen atoms in total. The number of amides is 1. The van der Waals surface area contributed by atoms with Crippen LogP contribution in [0, 0.1) is 0 Å². The summed E-state index contributed by atoms with van der Waals surface area (Å²) in [6.45, 7) is 0.731. The Morgan fingerprint density at radius 2 is 1.86 bits per heavy atom. The second-order valence-corrected chi connectivity index (χ2v) is 7.08. The van der Waals surface area contributed by atoms with Crippen LogP contribution in [-0.4, -0.2) is 34.4 Å². The molecule has 6 heteroatoms. The molecule has 4 rings (SSSR count). The summed E-state index contributed by atoms with van der Waals surface area (Å²) in [5.41, 5.74) is 3.16. The third-order valence-electron chi connectivity index (χ3n) is 5.04. The molecule has 0 N–H and O–H groups in total. The molecule has 142 valence electrons. The van der Waals surface area contributed by atoms with Crippen molar-refractivity contribution < 1.29 is 9.53 Å². The molecule has 3 aromatic rings. The average molecular weight is 394 g/mol. The van der Waals surface area contributed by atoms with Gasteiger partial charge in [-0.15, -0.1) is 0 Å². The quantitative estimate of drug-likeness (QED) is 0.639. The molecule has 0 bridgehead atoms. The zero-order valence-corrected chi connectivity index (χ0v) is 16.3. The van der Waals surface area contributed by atoms with Crippen LogP contribution in [0.2, 0.25) is 5.02 Å². The molecule has 1 fully saturated rings. The zero-order valence-electron chi connectivity index (χ0n) is 15.5. The van der Waals surface area contributed by atoms with Crippen molar-refractivity contribution in [3.8, 4) is 17.1 Å². The van der Waals surface area contributed by atoms with Gasteiger partial charge in [0.2, 0.25) is 5.88 Å². The monoisotopic (exact) mass is 393 g/mol. The summed E-state index contributed by atoms with van der Waals surface area (Å²) in [6.07, 6.45) is 5.10. The normalized spacial score (nSPS) is 16.2.